The third-order valence-electron chi connectivity index (χ3n) is 2.37. The summed E-state index contributed by atoms with van der Waals surface area (Å²) in [6, 6.07) is 4.90. The summed E-state index contributed by atoms with van der Waals surface area (Å²) in [4.78, 5) is 0.677. The molecule has 0 saturated heterocycles. The van der Waals surface area contributed by atoms with E-state index in [9.17, 15) is 10.2 Å². The van der Waals surface area contributed by atoms with Crippen LogP contribution in [0, 0.1) is 10.7 Å². The van der Waals surface area contributed by atoms with E-state index in [2.05, 4.69) is 0 Å². The molecular formula is C11H15N3O2S. The molecule has 1 aromatic carbocycles. The van der Waals surface area contributed by atoms with Gasteiger partial charge in [0.25, 0.3) is 0 Å². The predicted octanol–water partition coefficient (Wildman–Crippen LogP) is 0.585. The normalized spacial score (nSPS) is 14.0. The summed E-state index contributed by atoms with van der Waals surface area (Å²) in [6.07, 6.45) is -1.75. The van der Waals surface area contributed by atoms with Gasteiger partial charge in [0.05, 0.1) is 6.10 Å². The second-order valence-corrected chi connectivity index (χ2v) is 4.43. The van der Waals surface area contributed by atoms with E-state index < -0.39 is 12.2 Å². The number of benzene rings is 1. The van der Waals surface area contributed by atoms with Gasteiger partial charge in [-0.1, -0.05) is 0 Å². The summed E-state index contributed by atoms with van der Waals surface area (Å²) in [7, 11) is 0. The molecule has 5 nitrogen and oxygen atoms in total. The van der Waals surface area contributed by atoms with E-state index in [0.717, 1.165) is 11.8 Å². The van der Waals surface area contributed by atoms with E-state index in [1.165, 1.54) is 0 Å². The van der Waals surface area contributed by atoms with E-state index in [1.807, 2.05) is 5.40 Å². The zero-order valence-corrected chi connectivity index (χ0v) is 10.0. The molecule has 92 valence electrons. The summed E-state index contributed by atoms with van der Waals surface area (Å²) in [5.41, 5.74) is 11.8. The monoisotopic (exact) mass is 253 g/mol. The number of hydrogen-bond donors (Lipinski definition) is 4. The summed E-state index contributed by atoms with van der Waals surface area (Å²) >= 11 is 0.973. The average molecular weight is 253 g/mol. The van der Waals surface area contributed by atoms with Crippen LogP contribution in [0.2, 0.25) is 0 Å². The van der Waals surface area contributed by atoms with Crippen molar-refractivity contribution in [3.63, 3.8) is 0 Å². The lowest BCUT2D eigenvalue weighted by molar-refractivity contribution is 0.0153. The first-order chi connectivity index (χ1) is 8.10. The van der Waals surface area contributed by atoms with E-state index in [1.54, 1.807) is 18.2 Å². The highest BCUT2D eigenvalue weighted by Gasteiger charge is 2.20. The number of aliphatic hydroxyl groups excluding tert-OH is 2. The Morgan fingerprint density at radius 3 is 2.71 bits per heavy atom. The van der Waals surface area contributed by atoms with Gasteiger partial charge in [0, 0.05) is 16.1 Å². The molecule has 2 atom stereocenters. The fraction of sp³-hybridized carbons (Fsp3) is 0.364. The van der Waals surface area contributed by atoms with Crippen molar-refractivity contribution < 1.29 is 10.2 Å². The number of thiocyanates is 1. The van der Waals surface area contributed by atoms with Crippen LogP contribution in [0.3, 0.4) is 0 Å². The van der Waals surface area contributed by atoms with Gasteiger partial charge in [0.15, 0.2) is 0 Å². The largest absolute Gasteiger partial charge is 0.398 e. The van der Waals surface area contributed by atoms with Crippen LogP contribution in [0.4, 0.5) is 5.69 Å². The van der Waals surface area contributed by atoms with Gasteiger partial charge in [-0.15, -0.1) is 0 Å². The van der Waals surface area contributed by atoms with Gasteiger partial charge in [0.1, 0.15) is 11.5 Å². The molecule has 0 spiro atoms. The van der Waals surface area contributed by atoms with Crippen molar-refractivity contribution in [2.24, 2.45) is 5.73 Å². The smallest absolute Gasteiger partial charge is 0.138 e. The Morgan fingerprint density at radius 2 is 2.12 bits per heavy atom. The molecule has 0 radical (unpaired) electrons. The molecule has 0 aliphatic heterocycles. The molecule has 1 rings (SSSR count). The van der Waals surface area contributed by atoms with Crippen molar-refractivity contribution in [3.8, 4) is 5.40 Å². The van der Waals surface area contributed by atoms with Crippen LogP contribution in [0.5, 0.6) is 0 Å². The van der Waals surface area contributed by atoms with Gasteiger partial charge in [-0.25, -0.2) is 0 Å². The Labute approximate surface area is 104 Å². The molecule has 0 amide bonds. The topological polar surface area (TPSA) is 116 Å². The number of hydrogen-bond acceptors (Lipinski definition) is 6. The summed E-state index contributed by atoms with van der Waals surface area (Å²) in [5, 5.41) is 30.1. The molecule has 1 aromatic rings. The van der Waals surface area contributed by atoms with Gasteiger partial charge in [-0.2, -0.15) is 5.26 Å². The van der Waals surface area contributed by atoms with Gasteiger partial charge in [0.2, 0.25) is 0 Å². The van der Waals surface area contributed by atoms with Crippen molar-refractivity contribution >= 4 is 17.4 Å². The molecule has 0 bridgehead atoms. The van der Waals surface area contributed by atoms with Crippen molar-refractivity contribution in [2.45, 2.75) is 23.5 Å². The van der Waals surface area contributed by atoms with Crippen LogP contribution in [0.15, 0.2) is 23.1 Å². The molecule has 0 fully saturated rings. The number of nitrogens with two attached hydrogens (primary N) is 2. The lowest BCUT2D eigenvalue weighted by Gasteiger charge is -2.19. The summed E-state index contributed by atoms with van der Waals surface area (Å²) in [6.45, 7) is 0.283. The number of nitrogen functional groups attached to an aromatic ring is 1. The fourth-order valence-electron chi connectivity index (χ4n) is 1.46. The van der Waals surface area contributed by atoms with Gasteiger partial charge < -0.3 is 21.7 Å². The van der Waals surface area contributed by atoms with Crippen LogP contribution >= 0.6 is 11.8 Å². The number of aliphatic hydroxyl groups is 2. The Morgan fingerprint density at radius 1 is 1.41 bits per heavy atom. The molecule has 0 saturated carbocycles. The molecule has 0 aliphatic rings. The molecule has 0 aliphatic carbocycles. The minimum atomic E-state index is -1.09. The molecule has 0 heterocycles. The minimum Gasteiger partial charge on any atom is -0.398 e. The highest BCUT2D eigenvalue weighted by Crippen LogP contribution is 2.29. The SMILES string of the molecule is N#CSc1ccc(N)c(C(O)C(O)CCN)c1. The third kappa shape index (κ3) is 3.61. The number of rotatable bonds is 5. The average Bonchev–Trinajstić information content (AvgIpc) is 2.31. The maximum atomic E-state index is 9.92. The Kier molecular flexibility index (Phi) is 5.25. The molecule has 2 unspecified atom stereocenters. The first-order valence-electron chi connectivity index (χ1n) is 5.11. The molecule has 6 N–H and O–H groups in total. The number of thioether (sulfide) groups is 1. The van der Waals surface area contributed by atoms with Crippen LogP contribution < -0.4 is 11.5 Å². The number of anilines is 1. The Hall–Kier alpha value is -1.26. The van der Waals surface area contributed by atoms with E-state index in [0.29, 0.717) is 16.1 Å². The quantitative estimate of drug-likeness (QED) is 0.346. The summed E-state index contributed by atoms with van der Waals surface area (Å²) < 4.78 is 0. The van der Waals surface area contributed by atoms with E-state index in [4.69, 9.17) is 16.7 Å². The second kappa shape index (κ2) is 6.47. The third-order valence-corrected chi connectivity index (χ3v) is 2.95. The molecule has 6 heteroatoms. The zero-order chi connectivity index (χ0) is 12.8. The molecule has 17 heavy (non-hydrogen) atoms. The first kappa shape index (κ1) is 13.8. The maximum Gasteiger partial charge on any atom is 0.138 e. The van der Waals surface area contributed by atoms with E-state index in [-0.39, 0.29) is 13.0 Å². The van der Waals surface area contributed by atoms with Crippen molar-refractivity contribution in [3.05, 3.63) is 23.8 Å². The lowest BCUT2D eigenvalue weighted by Crippen LogP contribution is -2.22. The van der Waals surface area contributed by atoms with Crippen LogP contribution in [-0.4, -0.2) is 22.9 Å². The Balaban J connectivity index is 2.95. The highest BCUT2D eigenvalue weighted by molar-refractivity contribution is 8.03. The van der Waals surface area contributed by atoms with Crippen LogP contribution in [-0.2, 0) is 0 Å². The molecular weight excluding hydrogens is 238 g/mol. The highest BCUT2D eigenvalue weighted by atomic mass is 32.2. The fourth-order valence-corrected chi connectivity index (χ4v) is 1.89. The Bertz CT molecular complexity index is 420. The van der Waals surface area contributed by atoms with Gasteiger partial charge in [-0.05, 0) is 42.9 Å². The number of nitrogens with zero attached hydrogens (tertiary/aromatic N) is 1. The number of nitriles is 1. The minimum absolute atomic E-state index is 0.283. The zero-order valence-electron chi connectivity index (χ0n) is 9.21. The van der Waals surface area contributed by atoms with Gasteiger partial charge >= 0.3 is 0 Å². The van der Waals surface area contributed by atoms with E-state index >= 15 is 0 Å². The van der Waals surface area contributed by atoms with Crippen molar-refractivity contribution in [1.82, 2.24) is 0 Å². The van der Waals surface area contributed by atoms with Gasteiger partial charge in [-0.3, -0.25) is 0 Å². The second-order valence-electron chi connectivity index (χ2n) is 3.57. The maximum absolute atomic E-state index is 9.92. The first-order valence-corrected chi connectivity index (χ1v) is 5.93. The molecule has 0 aromatic heterocycles. The summed E-state index contributed by atoms with van der Waals surface area (Å²) in [5.74, 6) is 0. The predicted molar refractivity (Wildman–Crippen MR) is 67.0 cm³/mol. The van der Waals surface area contributed by atoms with Crippen LogP contribution in [0.1, 0.15) is 18.1 Å². The van der Waals surface area contributed by atoms with Crippen molar-refractivity contribution in [2.75, 3.05) is 12.3 Å². The lowest BCUT2D eigenvalue weighted by atomic mass is 10.0. The van der Waals surface area contributed by atoms with Crippen LogP contribution in [0.25, 0.3) is 0 Å². The standard InChI is InChI=1S/C11H15N3O2S/c12-4-3-10(15)11(16)8-5-7(17-6-13)1-2-9(8)14/h1-2,5,10-11,15-16H,3-4,12,14H2. The van der Waals surface area contributed by atoms with Crippen molar-refractivity contribution in [1.29, 1.82) is 5.26 Å².